The molecule has 1 heterocycles. The highest BCUT2D eigenvalue weighted by atomic mass is 35.5. The van der Waals surface area contributed by atoms with Gasteiger partial charge in [-0.3, -0.25) is 9.88 Å². The van der Waals surface area contributed by atoms with Crippen LogP contribution in [0.5, 0.6) is 5.75 Å². The van der Waals surface area contributed by atoms with Gasteiger partial charge < -0.3 is 15.2 Å². The van der Waals surface area contributed by atoms with E-state index in [-0.39, 0.29) is 24.5 Å². The van der Waals surface area contributed by atoms with E-state index in [4.69, 9.17) is 21.6 Å². The molecule has 2 aromatic carbocycles. The van der Waals surface area contributed by atoms with Crippen molar-refractivity contribution >= 4 is 17.3 Å². The lowest BCUT2D eigenvalue weighted by molar-refractivity contribution is -0.137. The van der Waals surface area contributed by atoms with Gasteiger partial charge in [-0.25, -0.2) is 0 Å². The number of ether oxygens (including phenoxy) is 1. The zero-order valence-electron chi connectivity index (χ0n) is 21.4. The minimum atomic E-state index is -4.54. The van der Waals surface area contributed by atoms with Gasteiger partial charge in [0.15, 0.2) is 0 Å². The Morgan fingerprint density at radius 1 is 1.13 bits per heavy atom. The first kappa shape index (κ1) is 29.2. The van der Waals surface area contributed by atoms with Gasteiger partial charge in [-0.1, -0.05) is 17.7 Å². The summed E-state index contributed by atoms with van der Waals surface area (Å²) < 4.78 is 47.0. The largest absolute Gasteiger partial charge is 0.494 e. The molecule has 0 amide bonds. The summed E-state index contributed by atoms with van der Waals surface area (Å²) >= 11 is 6.27. The molecule has 0 unspecified atom stereocenters. The maximum absolute atomic E-state index is 13.8. The molecule has 3 aromatic rings. The lowest BCUT2D eigenvalue weighted by Gasteiger charge is -2.37. The fraction of sp³-hybridized carbons (Fsp3) is 0.357. The molecule has 0 aliphatic rings. The van der Waals surface area contributed by atoms with Crippen molar-refractivity contribution in [2.45, 2.75) is 38.9 Å². The van der Waals surface area contributed by atoms with Crippen molar-refractivity contribution in [1.82, 2.24) is 9.88 Å². The molecule has 0 spiro atoms. The molecule has 2 N–H and O–H groups in total. The van der Waals surface area contributed by atoms with Gasteiger partial charge in [-0.05, 0) is 80.3 Å². The maximum Gasteiger partial charge on any atom is 0.417 e. The van der Waals surface area contributed by atoms with Crippen LogP contribution in [0.1, 0.15) is 37.0 Å². The van der Waals surface area contributed by atoms with Gasteiger partial charge in [0.05, 0.1) is 36.0 Å². The third-order valence-corrected chi connectivity index (χ3v) is 6.83. The highest BCUT2D eigenvalue weighted by Gasteiger charge is 2.34. The van der Waals surface area contributed by atoms with E-state index in [0.29, 0.717) is 35.8 Å². The number of aromatic nitrogens is 1. The number of nitrogens with zero attached hydrogens (tertiary/aromatic N) is 3. The Balaban J connectivity index is 1.66. The number of aliphatic hydroxyl groups excluding tert-OH is 1. The monoisotopic (exact) mass is 546 g/mol. The van der Waals surface area contributed by atoms with E-state index >= 15 is 0 Å². The predicted octanol–water partition coefficient (Wildman–Crippen LogP) is 6.51. The van der Waals surface area contributed by atoms with Gasteiger partial charge in [0.1, 0.15) is 11.8 Å². The van der Waals surface area contributed by atoms with Crippen molar-refractivity contribution in [3.63, 3.8) is 0 Å². The second-order valence-corrected chi connectivity index (χ2v) is 9.80. The number of alkyl halides is 3. The van der Waals surface area contributed by atoms with Crippen molar-refractivity contribution in [1.29, 1.82) is 5.26 Å². The van der Waals surface area contributed by atoms with E-state index < -0.39 is 17.3 Å². The van der Waals surface area contributed by atoms with Crippen LogP contribution < -0.4 is 10.1 Å². The van der Waals surface area contributed by atoms with Gasteiger partial charge in [0.2, 0.25) is 0 Å². The van der Waals surface area contributed by atoms with Crippen LogP contribution in [-0.2, 0) is 6.18 Å². The second-order valence-electron chi connectivity index (χ2n) is 9.42. The smallest absolute Gasteiger partial charge is 0.417 e. The zero-order valence-corrected chi connectivity index (χ0v) is 22.2. The summed E-state index contributed by atoms with van der Waals surface area (Å²) in [5.41, 5.74) is 1.03. The van der Waals surface area contributed by atoms with Crippen molar-refractivity contribution in [3.05, 3.63) is 76.6 Å². The van der Waals surface area contributed by atoms with Crippen LogP contribution in [0.3, 0.4) is 0 Å². The molecule has 3 rings (SSSR count). The molecular formula is C28H30ClF3N4O2. The highest BCUT2D eigenvalue weighted by Crippen LogP contribution is 2.39. The average Bonchev–Trinajstić information content (AvgIpc) is 2.90. The van der Waals surface area contributed by atoms with Gasteiger partial charge in [-0.15, -0.1) is 0 Å². The van der Waals surface area contributed by atoms with Crippen LogP contribution in [0.25, 0.3) is 11.1 Å². The summed E-state index contributed by atoms with van der Waals surface area (Å²) in [6.45, 7) is 6.55. The van der Waals surface area contributed by atoms with E-state index in [9.17, 15) is 18.3 Å². The van der Waals surface area contributed by atoms with Gasteiger partial charge >= 0.3 is 6.18 Å². The molecule has 10 heteroatoms. The van der Waals surface area contributed by atoms with Crippen LogP contribution >= 0.6 is 11.6 Å². The van der Waals surface area contributed by atoms with Crippen LogP contribution in [0, 0.1) is 18.3 Å². The first-order chi connectivity index (χ1) is 18.0. The molecule has 6 nitrogen and oxygen atoms in total. The van der Waals surface area contributed by atoms with E-state index in [0.717, 1.165) is 17.3 Å². The van der Waals surface area contributed by atoms with Crippen LogP contribution in [0.2, 0.25) is 5.02 Å². The average molecular weight is 547 g/mol. The minimum absolute atomic E-state index is 0.0624. The number of nitriles is 1. The number of nitrogens with one attached hydrogen (secondary N) is 1. The standard InChI is InChI=1S/C28H30ClF3N4O2/c1-19-25(8-5-21(16-33)26(19)29)35-18-36(27(2,3)17-37)13-4-14-38-22-6-7-23(20-9-11-34-12-10-20)24(15-22)28(30,31)32/h5-12,15,35,37H,4,13-14,17-18H2,1-3H3. The molecule has 0 radical (unpaired) electrons. The molecule has 202 valence electrons. The summed E-state index contributed by atoms with van der Waals surface area (Å²) in [5.74, 6) is 0.129. The normalized spacial score (nSPS) is 11.9. The number of hydrogen-bond donors (Lipinski definition) is 2. The molecule has 38 heavy (non-hydrogen) atoms. The van der Waals surface area contributed by atoms with Gasteiger partial charge in [0, 0.05) is 30.2 Å². The third kappa shape index (κ3) is 7.16. The molecule has 0 saturated carbocycles. The summed E-state index contributed by atoms with van der Waals surface area (Å²) in [7, 11) is 0. The van der Waals surface area contributed by atoms with Crippen molar-refractivity contribution in [2.75, 3.05) is 31.7 Å². The molecule has 0 aliphatic heterocycles. The van der Waals surface area contributed by atoms with Crippen molar-refractivity contribution < 1.29 is 23.0 Å². The Labute approximate surface area is 225 Å². The zero-order chi connectivity index (χ0) is 27.9. The highest BCUT2D eigenvalue weighted by molar-refractivity contribution is 6.32. The molecule has 0 aliphatic carbocycles. The first-order valence-electron chi connectivity index (χ1n) is 12.0. The Bertz CT molecular complexity index is 1280. The van der Waals surface area contributed by atoms with Crippen LogP contribution in [-0.4, -0.2) is 47.0 Å². The SMILES string of the molecule is Cc1c(NCN(CCCOc2ccc(-c3ccncc3)c(C(F)(F)F)c2)C(C)(C)CO)ccc(C#N)c1Cl. The number of pyridine rings is 1. The molecule has 0 fully saturated rings. The van der Waals surface area contributed by atoms with Gasteiger partial charge in [-0.2, -0.15) is 18.4 Å². The van der Waals surface area contributed by atoms with Crippen LogP contribution in [0.15, 0.2) is 54.9 Å². The molecule has 0 saturated heterocycles. The third-order valence-electron chi connectivity index (χ3n) is 6.34. The molecule has 0 bridgehead atoms. The molecule has 0 atom stereocenters. The van der Waals surface area contributed by atoms with Gasteiger partial charge in [0.25, 0.3) is 0 Å². The van der Waals surface area contributed by atoms with Crippen LogP contribution in [0.4, 0.5) is 18.9 Å². The van der Waals surface area contributed by atoms with E-state index in [1.54, 1.807) is 12.1 Å². The Hall–Kier alpha value is -3.32. The number of aliphatic hydroxyl groups is 1. The van der Waals surface area contributed by atoms with Crippen molar-refractivity contribution in [2.24, 2.45) is 0 Å². The predicted molar refractivity (Wildman–Crippen MR) is 142 cm³/mol. The van der Waals surface area contributed by atoms with E-state index in [1.807, 2.05) is 25.7 Å². The fourth-order valence-electron chi connectivity index (χ4n) is 3.92. The second kappa shape index (κ2) is 12.5. The van der Waals surface area contributed by atoms with E-state index in [2.05, 4.69) is 16.4 Å². The number of rotatable bonds is 11. The molecule has 1 aromatic heterocycles. The Kier molecular flexibility index (Phi) is 9.60. The quantitative estimate of drug-likeness (QED) is 0.211. The fourth-order valence-corrected chi connectivity index (χ4v) is 4.12. The summed E-state index contributed by atoms with van der Waals surface area (Å²) in [5, 5.41) is 22.8. The number of halogens is 4. The summed E-state index contributed by atoms with van der Waals surface area (Å²) in [6, 6.07) is 12.5. The van der Waals surface area contributed by atoms with Crippen molar-refractivity contribution in [3.8, 4) is 22.9 Å². The Morgan fingerprint density at radius 3 is 2.47 bits per heavy atom. The number of benzene rings is 2. The summed E-state index contributed by atoms with van der Waals surface area (Å²) in [6.07, 6.45) is -1.14. The van der Waals surface area contributed by atoms with E-state index in [1.165, 1.54) is 36.7 Å². The maximum atomic E-state index is 13.8. The molecular weight excluding hydrogens is 517 g/mol. The minimum Gasteiger partial charge on any atom is -0.494 e. The summed E-state index contributed by atoms with van der Waals surface area (Å²) in [4.78, 5) is 5.88. The lowest BCUT2D eigenvalue weighted by atomic mass is 10.00. The topological polar surface area (TPSA) is 81.4 Å². The lowest BCUT2D eigenvalue weighted by Crippen LogP contribution is -2.49. The Morgan fingerprint density at radius 2 is 1.84 bits per heavy atom. The number of hydrogen-bond acceptors (Lipinski definition) is 6. The number of anilines is 1. The first-order valence-corrected chi connectivity index (χ1v) is 12.4.